The average Bonchev–Trinajstić information content (AvgIpc) is 3.29. The van der Waals surface area contributed by atoms with Gasteiger partial charge in [0.25, 0.3) is 0 Å². The molecule has 0 saturated carbocycles. The van der Waals surface area contributed by atoms with Crippen LogP contribution in [0.25, 0.3) is 44.3 Å². The number of rotatable bonds is 3. The van der Waals surface area contributed by atoms with E-state index in [4.69, 9.17) is 16.8 Å². The van der Waals surface area contributed by atoms with E-state index in [2.05, 4.69) is 6.07 Å². The van der Waals surface area contributed by atoms with Gasteiger partial charge < -0.3 is 4.42 Å². The molecule has 0 aliphatic carbocycles. The number of nitrogens with zero attached hydrogens (tertiary/aromatic N) is 2. The molecule has 0 N–H and O–H groups in total. The lowest BCUT2D eigenvalue weighted by Gasteiger charge is -2.19. The number of aryl methyl sites for hydroxylation is 4. The maximum atomic E-state index is 9.45. The van der Waals surface area contributed by atoms with Gasteiger partial charge in [-0.25, -0.2) is 4.57 Å². The van der Waals surface area contributed by atoms with Gasteiger partial charge in [-0.05, 0) is 78.4 Å². The molecule has 2 heterocycles. The first-order valence-corrected chi connectivity index (χ1v) is 11.7. The summed E-state index contributed by atoms with van der Waals surface area (Å²) in [4.78, 5) is 0. The summed E-state index contributed by atoms with van der Waals surface area (Å²) < 4.78 is 84.7. The second-order valence-corrected chi connectivity index (χ2v) is 10.2. The molecule has 0 radical (unpaired) electrons. The highest BCUT2D eigenvalue weighted by Crippen LogP contribution is 2.39. The first kappa shape index (κ1) is 15.3. The third kappa shape index (κ3) is 4.18. The van der Waals surface area contributed by atoms with Gasteiger partial charge in [-0.2, -0.15) is 5.26 Å². The van der Waals surface area contributed by atoms with Crippen molar-refractivity contribution in [2.45, 2.75) is 47.8 Å². The van der Waals surface area contributed by atoms with Gasteiger partial charge in [0.05, 0.1) is 18.6 Å². The second-order valence-electron chi connectivity index (χ2n) is 10.2. The molecule has 0 bridgehead atoms. The molecule has 3 heteroatoms. The van der Waals surface area contributed by atoms with Crippen LogP contribution in [0.5, 0.6) is 0 Å². The van der Waals surface area contributed by atoms with Crippen LogP contribution < -0.4 is 4.57 Å². The summed E-state index contributed by atoms with van der Waals surface area (Å²) in [6, 6.07) is 14.9. The Bertz CT molecular complexity index is 2040. The summed E-state index contributed by atoms with van der Waals surface area (Å²) in [7, 11) is 1.69. The molecule has 36 heavy (non-hydrogen) atoms. The molecule has 5 aromatic rings. The molecule has 0 aliphatic rings. The topological polar surface area (TPSA) is 40.8 Å². The van der Waals surface area contributed by atoms with Gasteiger partial charge >= 0.3 is 0 Å². The zero-order valence-corrected chi connectivity index (χ0v) is 21.0. The van der Waals surface area contributed by atoms with Crippen LogP contribution in [0.15, 0.2) is 65.2 Å². The predicted molar refractivity (Wildman–Crippen MR) is 148 cm³/mol. The van der Waals surface area contributed by atoms with Crippen molar-refractivity contribution in [2.75, 3.05) is 0 Å². The van der Waals surface area contributed by atoms with Crippen LogP contribution in [0, 0.1) is 37.4 Å². The van der Waals surface area contributed by atoms with E-state index in [0.717, 1.165) is 16.3 Å². The van der Waals surface area contributed by atoms with Crippen LogP contribution in [0.1, 0.15) is 60.9 Å². The Morgan fingerprint density at radius 1 is 1.00 bits per heavy atom. The van der Waals surface area contributed by atoms with E-state index in [1.807, 2.05) is 19.1 Å². The van der Waals surface area contributed by atoms with E-state index in [1.54, 1.807) is 56.7 Å². The summed E-state index contributed by atoms with van der Waals surface area (Å²) in [5.74, 6) is 0. The molecule has 0 aliphatic heterocycles. The molecule has 0 amide bonds. The van der Waals surface area contributed by atoms with Gasteiger partial charge in [-0.15, -0.1) is 0 Å². The van der Waals surface area contributed by atoms with Gasteiger partial charge in [-0.1, -0.05) is 51.1 Å². The maximum Gasteiger partial charge on any atom is 0.216 e. The molecular formula is C33H33N2O+. The van der Waals surface area contributed by atoms with Crippen molar-refractivity contribution < 1.29 is 21.3 Å². The summed E-state index contributed by atoms with van der Waals surface area (Å²) in [5.41, 5.74) is 2.15. The molecule has 0 atom stereocenters. The number of benzene rings is 3. The Hall–Kier alpha value is -3.90. The quantitative estimate of drug-likeness (QED) is 0.244. The first-order valence-electron chi connectivity index (χ1n) is 16.2. The zero-order chi connectivity index (χ0) is 33.4. The monoisotopic (exact) mass is 482 g/mol. The second kappa shape index (κ2) is 8.64. The number of fused-ring (bicyclic) bond motifs is 3. The standard InChI is InChI=1S/C33H33N2O/c1-20-8-11-26-28-15-24(18-34)10-13-30(28)36-32(26)31(20)29-16-27(22(3)19-35(29)7)25-12-9-23(14-21(25)2)17-33(4,5)6/h8-16,19H,17H2,1-7H3/q+1/i2D3,3D3,12D,17D2. The lowest BCUT2D eigenvalue weighted by molar-refractivity contribution is -0.660. The Balaban J connectivity index is 1.89. The number of nitriles is 1. The minimum absolute atomic E-state index is 0.0339. The number of furan rings is 1. The number of hydrogen-bond acceptors (Lipinski definition) is 2. The summed E-state index contributed by atoms with van der Waals surface area (Å²) in [5, 5.41) is 10.9. The lowest BCUT2D eigenvalue weighted by atomic mass is 9.86. The number of pyridine rings is 1. The summed E-state index contributed by atoms with van der Waals surface area (Å²) in [6.07, 6.45) is -0.556. The van der Waals surface area contributed by atoms with Gasteiger partial charge in [-0.3, -0.25) is 0 Å². The van der Waals surface area contributed by atoms with Crippen molar-refractivity contribution in [1.82, 2.24) is 0 Å². The Morgan fingerprint density at radius 3 is 2.53 bits per heavy atom. The fourth-order valence-corrected chi connectivity index (χ4v) is 4.66. The molecular weight excluding hydrogens is 440 g/mol. The van der Waals surface area contributed by atoms with E-state index in [0.29, 0.717) is 28.0 Å². The van der Waals surface area contributed by atoms with Crippen molar-refractivity contribution >= 4 is 21.9 Å². The van der Waals surface area contributed by atoms with E-state index in [-0.39, 0.29) is 33.9 Å². The van der Waals surface area contributed by atoms with Crippen molar-refractivity contribution in [3.63, 3.8) is 0 Å². The minimum atomic E-state index is -2.79. The lowest BCUT2D eigenvalue weighted by Crippen LogP contribution is -2.31. The van der Waals surface area contributed by atoms with E-state index >= 15 is 0 Å². The Kier molecular flexibility index (Phi) is 3.66. The highest BCUT2D eigenvalue weighted by atomic mass is 16.3. The largest absolute Gasteiger partial charge is 0.455 e. The van der Waals surface area contributed by atoms with Crippen LogP contribution in [0.4, 0.5) is 0 Å². The van der Waals surface area contributed by atoms with Crippen LogP contribution in [0.2, 0.25) is 0 Å². The van der Waals surface area contributed by atoms with Crippen molar-refractivity contribution in [3.05, 3.63) is 88.6 Å². The minimum Gasteiger partial charge on any atom is -0.455 e. The molecule has 0 saturated heterocycles. The van der Waals surface area contributed by atoms with Gasteiger partial charge in [0.2, 0.25) is 5.69 Å². The number of aromatic nitrogens is 1. The van der Waals surface area contributed by atoms with E-state index in [9.17, 15) is 5.26 Å². The van der Waals surface area contributed by atoms with E-state index < -0.39 is 25.5 Å². The smallest absolute Gasteiger partial charge is 0.216 e. The SMILES string of the molecule is [2H]c1cc(C([2H])([2H])C(C)(C)C)cc(C([2H])([2H])[2H])c1-c1cc(-c2c(C)ccc3c2oc2ccc(C#N)cc23)[n+](C)cc1C([2H])([2H])[2H]. The van der Waals surface area contributed by atoms with Gasteiger partial charge in [0.15, 0.2) is 6.20 Å². The van der Waals surface area contributed by atoms with Crippen LogP contribution in [-0.2, 0) is 13.4 Å². The molecule has 180 valence electrons. The van der Waals surface area contributed by atoms with E-state index in [1.165, 1.54) is 18.3 Å². The number of hydrogen-bond donors (Lipinski definition) is 0. The Morgan fingerprint density at radius 2 is 1.81 bits per heavy atom. The highest BCUT2D eigenvalue weighted by molar-refractivity contribution is 6.10. The molecule has 2 aromatic heterocycles. The fourth-order valence-electron chi connectivity index (χ4n) is 4.66. The fraction of sp³-hybridized carbons (Fsp3) is 0.273. The third-order valence-electron chi connectivity index (χ3n) is 6.24. The maximum absolute atomic E-state index is 9.45. The molecule has 3 aromatic carbocycles. The third-order valence-corrected chi connectivity index (χ3v) is 6.24. The normalized spacial score (nSPS) is 16.6. The molecule has 0 fully saturated rings. The van der Waals surface area contributed by atoms with Crippen molar-refractivity contribution in [3.8, 4) is 28.5 Å². The summed E-state index contributed by atoms with van der Waals surface area (Å²) >= 11 is 0. The summed E-state index contributed by atoms with van der Waals surface area (Å²) in [6.45, 7) is 1.50. The molecule has 0 spiro atoms. The van der Waals surface area contributed by atoms with Crippen LogP contribution >= 0.6 is 0 Å². The van der Waals surface area contributed by atoms with Gasteiger partial charge in [0.1, 0.15) is 18.2 Å². The predicted octanol–water partition coefficient (Wildman–Crippen LogP) is 8.13. The van der Waals surface area contributed by atoms with Crippen molar-refractivity contribution in [2.24, 2.45) is 12.5 Å². The molecule has 0 unspecified atom stereocenters. The van der Waals surface area contributed by atoms with Crippen LogP contribution in [0.3, 0.4) is 0 Å². The van der Waals surface area contributed by atoms with Gasteiger partial charge in [0, 0.05) is 33.4 Å². The molecule has 3 nitrogen and oxygen atoms in total. The zero-order valence-electron chi connectivity index (χ0n) is 30.0. The first-order chi connectivity index (χ1) is 20.7. The Labute approximate surface area is 226 Å². The van der Waals surface area contributed by atoms with Crippen molar-refractivity contribution in [1.29, 1.82) is 5.26 Å². The molecule has 5 rings (SSSR count). The average molecular weight is 483 g/mol. The highest BCUT2D eigenvalue weighted by Gasteiger charge is 2.23. The van der Waals surface area contributed by atoms with Crippen LogP contribution in [-0.4, -0.2) is 0 Å².